The van der Waals surface area contributed by atoms with Crippen LogP contribution in [0.4, 0.5) is 0 Å². The summed E-state index contributed by atoms with van der Waals surface area (Å²) in [4.78, 5) is 0. The van der Waals surface area contributed by atoms with Crippen LogP contribution in [0.3, 0.4) is 0 Å². The van der Waals surface area contributed by atoms with E-state index in [0.29, 0.717) is 17.3 Å². The van der Waals surface area contributed by atoms with Crippen molar-refractivity contribution in [1.29, 1.82) is 0 Å². The van der Waals surface area contributed by atoms with Gasteiger partial charge < -0.3 is 5.73 Å². The van der Waals surface area contributed by atoms with Crippen LogP contribution in [-0.2, 0) is 6.42 Å². The van der Waals surface area contributed by atoms with Crippen molar-refractivity contribution in [2.75, 3.05) is 0 Å². The van der Waals surface area contributed by atoms with Gasteiger partial charge in [0.25, 0.3) is 0 Å². The maximum absolute atomic E-state index is 6.37. The fourth-order valence-corrected chi connectivity index (χ4v) is 3.07. The highest BCUT2D eigenvalue weighted by Gasteiger charge is 2.18. The van der Waals surface area contributed by atoms with Crippen molar-refractivity contribution in [3.8, 4) is 0 Å². The number of hydrogen-bond donors (Lipinski definition) is 1. The van der Waals surface area contributed by atoms with Crippen molar-refractivity contribution in [1.82, 2.24) is 0 Å². The third-order valence-electron chi connectivity index (χ3n) is 3.67. The van der Waals surface area contributed by atoms with E-state index in [1.807, 2.05) is 0 Å². The molecule has 0 aliphatic rings. The Bertz CT molecular complexity index is 383. The normalized spacial score (nSPS) is 15.4. The van der Waals surface area contributed by atoms with E-state index in [0.717, 1.165) is 12.8 Å². The highest BCUT2D eigenvalue weighted by atomic mass is 14.6. The number of rotatable bonds is 6. The zero-order chi connectivity index (χ0) is 15.3. The van der Waals surface area contributed by atoms with Crippen molar-refractivity contribution in [2.24, 2.45) is 23.0 Å². The van der Waals surface area contributed by atoms with Gasteiger partial charge in [0.2, 0.25) is 0 Å². The Morgan fingerprint density at radius 1 is 1.00 bits per heavy atom. The van der Waals surface area contributed by atoms with Crippen molar-refractivity contribution in [2.45, 2.75) is 66.8 Å². The quantitative estimate of drug-likeness (QED) is 0.744. The molecule has 2 atom stereocenters. The van der Waals surface area contributed by atoms with Crippen molar-refractivity contribution >= 4 is 0 Å². The molecule has 0 aliphatic heterocycles. The third-order valence-corrected chi connectivity index (χ3v) is 3.67. The van der Waals surface area contributed by atoms with Gasteiger partial charge >= 0.3 is 0 Å². The first kappa shape index (κ1) is 17.2. The van der Waals surface area contributed by atoms with Crippen molar-refractivity contribution in [3.05, 3.63) is 35.4 Å². The number of nitrogens with two attached hydrogens (primary N) is 1. The lowest BCUT2D eigenvalue weighted by Crippen LogP contribution is -2.18. The van der Waals surface area contributed by atoms with E-state index in [4.69, 9.17) is 5.73 Å². The second-order valence-corrected chi connectivity index (χ2v) is 8.05. The van der Waals surface area contributed by atoms with Gasteiger partial charge in [0, 0.05) is 6.04 Å². The molecule has 1 rings (SSSR count). The van der Waals surface area contributed by atoms with Gasteiger partial charge in [-0.3, -0.25) is 0 Å². The van der Waals surface area contributed by atoms with Crippen LogP contribution in [0.25, 0.3) is 0 Å². The number of hydrogen-bond acceptors (Lipinski definition) is 1. The molecule has 0 saturated carbocycles. The largest absolute Gasteiger partial charge is 0.324 e. The highest BCUT2D eigenvalue weighted by molar-refractivity contribution is 5.25. The highest BCUT2D eigenvalue weighted by Crippen LogP contribution is 2.29. The Kier molecular flexibility index (Phi) is 6.26. The van der Waals surface area contributed by atoms with E-state index >= 15 is 0 Å². The van der Waals surface area contributed by atoms with Crippen LogP contribution in [0.15, 0.2) is 24.3 Å². The van der Waals surface area contributed by atoms with Crippen LogP contribution in [0.5, 0.6) is 0 Å². The smallest absolute Gasteiger partial charge is 0.0297 e. The minimum atomic E-state index is 0.167. The molecule has 20 heavy (non-hydrogen) atoms. The molecule has 0 aliphatic carbocycles. The molecule has 0 radical (unpaired) electrons. The molecule has 0 heterocycles. The molecule has 0 saturated heterocycles. The van der Waals surface area contributed by atoms with Crippen molar-refractivity contribution < 1.29 is 0 Å². The van der Waals surface area contributed by atoms with Crippen LogP contribution in [0, 0.1) is 17.3 Å². The lowest BCUT2D eigenvalue weighted by Gasteiger charge is -2.25. The Hall–Kier alpha value is -0.820. The SMILES string of the molecule is CC(C)Cc1ccc(C(N)CC(C)CC(C)(C)C)cc1. The predicted molar refractivity (Wildman–Crippen MR) is 89.8 cm³/mol. The molecule has 0 amide bonds. The molecule has 2 N–H and O–H groups in total. The molecule has 0 spiro atoms. The van der Waals surface area contributed by atoms with E-state index in [1.165, 1.54) is 17.5 Å². The average molecular weight is 275 g/mol. The van der Waals surface area contributed by atoms with E-state index < -0.39 is 0 Å². The lowest BCUT2D eigenvalue weighted by molar-refractivity contribution is 0.286. The fraction of sp³-hybridized carbons (Fsp3) is 0.684. The molecular weight excluding hydrogens is 242 g/mol. The van der Waals surface area contributed by atoms with Crippen LogP contribution < -0.4 is 5.73 Å². The van der Waals surface area contributed by atoms with E-state index in [2.05, 4.69) is 65.8 Å². The summed E-state index contributed by atoms with van der Waals surface area (Å²) in [5.74, 6) is 1.38. The third kappa shape index (κ3) is 6.56. The van der Waals surface area contributed by atoms with Crippen LogP contribution in [-0.4, -0.2) is 0 Å². The van der Waals surface area contributed by atoms with Gasteiger partial charge in [-0.1, -0.05) is 65.8 Å². The Morgan fingerprint density at radius 3 is 2.00 bits per heavy atom. The monoisotopic (exact) mass is 275 g/mol. The summed E-state index contributed by atoms with van der Waals surface area (Å²) >= 11 is 0. The number of benzene rings is 1. The fourth-order valence-electron chi connectivity index (χ4n) is 3.07. The first-order valence-electron chi connectivity index (χ1n) is 8.02. The summed E-state index contributed by atoms with van der Waals surface area (Å²) in [5, 5.41) is 0. The van der Waals surface area contributed by atoms with E-state index in [9.17, 15) is 0 Å². The Labute approximate surface area is 126 Å². The summed E-state index contributed by atoms with van der Waals surface area (Å²) < 4.78 is 0. The zero-order valence-corrected chi connectivity index (χ0v) is 14.2. The summed E-state index contributed by atoms with van der Waals surface area (Å²) in [6, 6.07) is 9.08. The summed E-state index contributed by atoms with van der Waals surface area (Å²) in [5.41, 5.74) is 9.45. The zero-order valence-electron chi connectivity index (χ0n) is 14.2. The van der Waals surface area contributed by atoms with E-state index in [-0.39, 0.29) is 6.04 Å². The molecule has 0 aromatic heterocycles. The summed E-state index contributed by atoms with van der Waals surface area (Å²) in [7, 11) is 0. The van der Waals surface area contributed by atoms with Crippen molar-refractivity contribution in [3.63, 3.8) is 0 Å². The van der Waals surface area contributed by atoms with Crippen LogP contribution in [0.1, 0.15) is 71.6 Å². The molecule has 1 nitrogen and oxygen atoms in total. The Balaban J connectivity index is 2.57. The minimum Gasteiger partial charge on any atom is -0.324 e. The molecule has 1 aromatic rings. The first-order chi connectivity index (χ1) is 9.17. The standard InChI is InChI=1S/C19H33N/c1-14(2)11-16-7-9-17(10-8-16)18(20)12-15(3)13-19(4,5)6/h7-10,14-15,18H,11-13,20H2,1-6H3. The van der Waals surface area contributed by atoms with E-state index in [1.54, 1.807) is 0 Å². The van der Waals surface area contributed by atoms with Gasteiger partial charge in [-0.25, -0.2) is 0 Å². The maximum atomic E-state index is 6.37. The second-order valence-electron chi connectivity index (χ2n) is 8.05. The van der Waals surface area contributed by atoms with Gasteiger partial charge in [-0.05, 0) is 47.6 Å². The van der Waals surface area contributed by atoms with Gasteiger partial charge in [0.05, 0.1) is 0 Å². The predicted octanol–water partition coefficient (Wildman–Crippen LogP) is 5.35. The molecule has 0 bridgehead atoms. The topological polar surface area (TPSA) is 26.0 Å². The molecule has 1 aromatic carbocycles. The summed E-state index contributed by atoms with van der Waals surface area (Å²) in [6.45, 7) is 13.7. The molecule has 0 fully saturated rings. The lowest BCUT2D eigenvalue weighted by atomic mass is 9.82. The molecule has 2 unspecified atom stereocenters. The summed E-state index contributed by atoms with van der Waals surface area (Å²) in [6.07, 6.45) is 3.45. The first-order valence-corrected chi connectivity index (χ1v) is 8.02. The average Bonchev–Trinajstić information content (AvgIpc) is 2.26. The molecular formula is C19H33N. The van der Waals surface area contributed by atoms with Gasteiger partial charge in [0.1, 0.15) is 0 Å². The maximum Gasteiger partial charge on any atom is 0.0297 e. The minimum absolute atomic E-state index is 0.167. The van der Waals surface area contributed by atoms with Crippen LogP contribution in [0.2, 0.25) is 0 Å². The molecule has 1 heteroatoms. The Morgan fingerprint density at radius 2 is 1.55 bits per heavy atom. The van der Waals surface area contributed by atoms with Gasteiger partial charge in [0.15, 0.2) is 0 Å². The van der Waals surface area contributed by atoms with Gasteiger partial charge in [-0.2, -0.15) is 0 Å². The molecule has 114 valence electrons. The second kappa shape index (κ2) is 7.26. The van der Waals surface area contributed by atoms with Crippen LogP contribution >= 0.6 is 0 Å². The van der Waals surface area contributed by atoms with Gasteiger partial charge in [-0.15, -0.1) is 0 Å².